The number of aryl methyl sites for hydroxylation is 3. The third-order valence-corrected chi connectivity index (χ3v) is 28.0. The van der Waals surface area contributed by atoms with Crippen LogP contribution in [0.3, 0.4) is 0 Å². The fourth-order valence-corrected chi connectivity index (χ4v) is 22.9. The molecule has 18 rings (SSSR count). The molecule has 498 valence electrons. The first-order chi connectivity index (χ1) is 56.7. The molecule has 4 aromatic heterocycles. The summed E-state index contributed by atoms with van der Waals surface area (Å²) in [4.78, 5) is 10.5. The molecule has 0 amide bonds. The Kier molecular flexibility index (Phi) is 10.8. The summed E-state index contributed by atoms with van der Waals surface area (Å²) in [6, 6.07) is 67.3. The molecule has 0 unspecified atom stereocenters. The monoisotopic (exact) mass is 1410 g/mol. The van der Waals surface area contributed by atoms with E-state index in [0.717, 1.165) is 43.5 Å². The maximum Gasteiger partial charge on any atom is 0.281 e. The Morgan fingerprint density at radius 3 is 1.58 bits per heavy atom. The van der Waals surface area contributed by atoms with Crippen LogP contribution >= 0.6 is 11.3 Å². The lowest BCUT2D eigenvalue weighted by atomic mass is 9.84. The van der Waals surface area contributed by atoms with Crippen molar-refractivity contribution in [2.24, 2.45) is 0 Å². The van der Waals surface area contributed by atoms with E-state index in [1.807, 2.05) is 162 Å². The molecule has 9 nitrogen and oxygen atoms in total. The summed E-state index contributed by atoms with van der Waals surface area (Å²) in [6.45, 7) is -3.80. The fourth-order valence-electron chi connectivity index (χ4n) is 15.0. The van der Waals surface area contributed by atoms with E-state index < -0.39 is 78.0 Å². The lowest BCUT2D eigenvalue weighted by molar-refractivity contribution is 0.464. The molecular weight excluding hydrogens is 1310 g/mol. The number of benzene rings is 12. The highest BCUT2D eigenvalue weighted by atomic mass is 32.1. The Bertz CT molecular complexity index is 6950. The highest BCUT2D eigenvalue weighted by Gasteiger charge is 2.43. The molecule has 16 aromatic rings. The number of hydrogen-bond donors (Lipinski definition) is 0. The lowest BCUT2D eigenvalue weighted by Gasteiger charge is -2.37. The van der Waals surface area contributed by atoms with Crippen LogP contribution < -0.4 is 33.6 Å². The van der Waals surface area contributed by atoms with Crippen LogP contribution in [0.15, 0.2) is 231 Å². The van der Waals surface area contributed by atoms with Gasteiger partial charge in [0.05, 0.1) is 49.0 Å². The SMILES string of the molecule is [2H]C([2H])([2H])c1ccc(-c2ccc(C([2H])([2H])C)c(-c3cccc4c3sc3nc5ccccc5n34)c2C([2H])([2H])[2H])c(C([2H])([2H])[2H])c1-c1cccc2c1Oc1ccccc1[Si](C)(C)O2.[2H]C([2H])([2H])c1ccc(-c2cccc(-n3c4ccccc4n4c5ccccc5nc34)c2C([2H])([2H])[2H])c(C([2H])([2H])[2H])c1-c1cccc2c1[Si](C)(C)Oc1ccccc1[Si](C)(C)O2. The number of nitrogens with zero attached hydrogens (tertiary/aromatic N) is 5. The number of thiazole rings is 1. The molecule has 101 heavy (non-hydrogen) atoms. The van der Waals surface area contributed by atoms with Crippen molar-refractivity contribution >= 4 is 106 Å². The minimum atomic E-state index is -3.12. The van der Waals surface area contributed by atoms with Gasteiger partial charge in [0.15, 0.2) is 10.7 Å². The fraction of sp³-hybridized carbons (Fsp3) is 0.159. The maximum absolute atomic E-state index is 9.17. The van der Waals surface area contributed by atoms with Gasteiger partial charge in [-0.2, -0.15) is 0 Å². The predicted octanol–water partition coefficient (Wildman–Crippen LogP) is 21.8. The normalized spacial score (nSPS) is 18.0. The molecule has 0 saturated heterocycles. The van der Waals surface area contributed by atoms with Gasteiger partial charge in [0.1, 0.15) is 23.0 Å². The Labute approximate surface area is 625 Å². The number of para-hydroxylation sites is 9. The van der Waals surface area contributed by atoms with Crippen molar-refractivity contribution < 1.29 is 45.4 Å². The van der Waals surface area contributed by atoms with Gasteiger partial charge < -0.3 is 18.0 Å². The second-order valence-electron chi connectivity index (χ2n) is 27.0. The summed E-state index contributed by atoms with van der Waals surface area (Å²) in [5.74, 6) is 2.62. The van der Waals surface area contributed by atoms with Crippen LogP contribution in [0.1, 0.15) is 73.3 Å². The van der Waals surface area contributed by atoms with E-state index in [9.17, 15) is 4.11 Å². The first-order valence-electron chi connectivity index (χ1n) is 43.3. The van der Waals surface area contributed by atoms with Gasteiger partial charge in [-0.15, -0.1) is 0 Å². The second-order valence-corrected chi connectivity index (χ2v) is 39.2. The van der Waals surface area contributed by atoms with E-state index in [-0.39, 0.29) is 89.3 Å². The number of aromatic nitrogens is 5. The van der Waals surface area contributed by atoms with Crippen molar-refractivity contribution in [2.45, 2.75) is 93.7 Å². The number of imidazole rings is 3. The summed E-state index contributed by atoms with van der Waals surface area (Å²) >= 11 is 1.34. The molecule has 0 bridgehead atoms. The number of fused-ring (bicyclic) bond motifs is 14. The predicted molar refractivity (Wildman–Crippen MR) is 429 cm³/mol. The standard InChI is InChI=1S/C44H41N3O2Si2.C44H38N2O2SSi/c1-28-26-27-32(30(3)42(28)33-17-15-24-40-43(33)51(6,7)48-39-23-12-13-25-41(39)50(4,5)49-40)31-16-14-22-35(29(31)2)46-37-20-10-11-21-38(37)47-36-19-9-8-18-34(36)45-44(46)47;1-7-29-23-25-31(28(4)41(29)33-15-12-18-36-43(33)49-44-45-34-16-8-9-17-35(34)46(36)44)30-24-22-26(2)40(27(30)3)32-14-13-20-38-42(32)47-37-19-10-11-21-39(37)50(5,6)48-38/h8-27H,1-7H3;8-25H,7H2,1-6H3/i1D3,2D3,3D3;2D3,3D3,4D3,7D2. The number of ether oxygens (including phenoxy) is 1. The zero-order chi connectivity index (χ0) is 86.3. The van der Waals surface area contributed by atoms with Crippen LogP contribution in [-0.4, -0.2) is 48.3 Å². The molecule has 12 aromatic carbocycles. The summed E-state index contributed by atoms with van der Waals surface area (Å²) < 4.78 is 213. The summed E-state index contributed by atoms with van der Waals surface area (Å²) in [5, 5.41) is 2.44. The largest absolute Gasteiger partial charge is 0.539 e. The van der Waals surface area contributed by atoms with Crippen LogP contribution in [0.2, 0.25) is 39.3 Å². The Balaban J connectivity index is 0.000000172. The van der Waals surface area contributed by atoms with Gasteiger partial charge in [-0.25, -0.2) is 9.97 Å². The average Bonchev–Trinajstić information content (AvgIpc) is 1.58. The van der Waals surface area contributed by atoms with Gasteiger partial charge in [0, 0.05) is 54.1 Å². The van der Waals surface area contributed by atoms with Crippen LogP contribution in [-0.2, 0) is 6.37 Å². The van der Waals surface area contributed by atoms with E-state index in [1.165, 1.54) is 54.7 Å². The van der Waals surface area contributed by atoms with E-state index in [4.69, 9.17) is 51.3 Å². The Morgan fingerprint density at radius 1 is 0.396 bits per heavy atom. The van der Waals surface area contributed by atoms with Gasteiger partial charge in [-0.3, -0.25) is 13.4 Å². The third-order valence-electron chi connectivity index (χ3n) is 19.6. The van der Waals surface area contributed by atoms with Crippen LogP contribution in [0.5, 0.6) is 28.7 Å². The Hall–Kier alpha value is -10.5. The molecule has 2 aliphatic heterocycles. The molecule has 2 aliphatic rings. The summed E-state index contributed by atoms with van der Waals surface area (Å²) in [6.07, 6.45) is -2.06. The second kappa shape index (κ2) is 24.1. The van der Waals surface area contributed by atoms with E-state index in [0.29, 0.717) is 60.3 Å². The molecule has 0 radical (unpaired) electrons. The lowest BCUT2D eigenvalue weighted by Crippen LogP contribution is -2.58. The summed E-state index contributed by atoms with van der Waals surface area (Å²) in [7, 11) is -8.50. The van der Waals surface area contributed by atoms with Gasteiger partial charge in [-0.1, -0.05) is 176 Å². The highest BCUT2D eigenvalue weighted by Crippen LogP contribution is 2.50. The van der Waals surface area contributed by atoms with Gasteiger partial charge in [0.2, 0.25) is 5.78 Å². The quantitative estimate of drug-likeness (QED) is 0.148. The van der Waals surface area contributed by atoms with Crippen molar-refractivity contribution in [3.05, 3.63) is 269 Å². The maximum atomic E-state index is 9.17. The van der Waals surface area contributed by atoms with Crippen LogP contribution in [0.4, 0.5) is 0 Å². The van der Waals surface area contributed by atoms with Gasteiger partial charge >= 0.3 is 0 Å². The number of rotatable bonds is 7. The molecule has 0 spiro atoms. The molecular formula is C88H79N5O4SSi3. The third kappa shape index (κ3) is 10.2. The molecule has 0 aliphatic carbocycles. The molecule has 0 fully saturated rings. The minimum absolute atomic E-state index is 0.00525. The minimum Gasteiger partial charge on any atom is -0.539 e. The van der Waals surface area contributed by atoms with Crippen LogP contribution in [0, 0.1) is 41.1 Å². The topological polar surface area (TPSA) is 76.5 Å². The molecule has 0 saturated carbocycles. The van der Waals surface area contributed by atoms with Gasteiger partial charge in [0.25, 0.3) is 25.0 Å². The molecule has 0 N–H and O–H groups in total. The Morgan fingerprint density at radius 2 is 0.891 bits per heavy atom. The smallest absolute Gasteiger partial charge is 0.281 e. The summed E-state index contributed by atoms with van der Waals surface area (Å²) in [5.41, 5.74) is 5.37. The zero-order valence-electron chi connectivity index (χ0n) is 76.2. The first kappa shape index (κ1) is 45.3. The molecule has 0 atom stereocenters. The van der Waals surface area contributed by atoms with Crippen molar-refractivity contribution in [3.8, 4) is 90.1 Å². The van der Waals surface area contributed by atoms with Crippen molar-refractivity contribution in [1.29, 1.82) is 0 Å². The van der Waals surface area contributed by atoms with E-state index in [2.05, 4.69) is 13.1 Å². The molecule has 6 heterocycles. The number of hydrogen-bond acceptors (Lipinski definition) is 7. The first-order valence-corrected chi connectivity index (χ1v) is 42.8. The van der Waals surface area contributed by atoms with Gasteiger partial charge in [-0.05, 0) is 243 Å². The van der Waals surface area contributed by atoms with Crippen molar-refractivity contribution in [3.63, 3.8) is 0 Å². The van der Waals surface area contributed by atoms with E-state index in [1.54, 1.807) is 71.3 Å². The van der Waals surface area contributed by atoms with Crippen molar-refractivity contribution in [1.82, 2.24) is 23.3 Å². The zero-order valence-corrected chi connectivity index (χ0v) is 60.0. The van der Waals surface area contributed by atoms with Crippen LogP contribution in [0.25, 0.3) is 115 Å². The van der Waals surface area contributed by atoms with E-state index >= 15 is 0 Å². The van der Waals surface area contributed by atoms with Crippen molar-refractivity contribution in [2.75, 3.05) is 0 Å². The molecule has 13 heteroatoms. The highest BCUT2D eigenvalue weighted by molar-refractivity contribution is 7.24. The average molecular weight is 1410 g/mol.